The molecule has 2 rings (SSSR count). The predicted octanol–water partition coefficient (Wildman–Crippen LogP) is 5.57. The first-order chi connectivity index (χ1) is 11.9. The molecule has 0 aliphatic carbocycles. The van der Waals surface area contributed by atoms with Crippen LogP contribution in [0.5, 0.6) is 5.75 Å². The first-order valence-electron chi connectivity index (χ1n) is 9.05. The Morgan fingerprint density at radius 2 is 1.54 bits per heavy atom. The fourth-order valence-corrected chi connectivity index (χ4v) is 5.09. The molecule has 0 heterocycles. The van der Waals surface area contributed by atoms with Crippen LogP contribution in [0.4, 0.5) is 0 Å². The van der Waals surface area contributed by atoms with Gasteiger partial charge in [-0.2, -0.15) is 0 Å². The van der Waals surface area contributed by atoms with Gasteiger partial charge in [0.25, 0.3) is 0 Å². The standard InChI is InChI=1S/C22H32O2SSi/c1-21(2,3)16-12-13-20(19(14-16)22(4,5)6)24-26(8,23-7)18-11-9-10-17(25)15-18/h9-15,25H,1-8H3. The summed E-state index contributed by atoms with van der Waals surface area (Å²) in [7, 11) is -0.860. The molecule has 0 spiro atoms. The zero-order valence-corrected chi connectivity index (χ0v) is 19.2. The highest BCUT2D eigenvalue weighted by Crippen LogP contribution is 2.36. The quantitative estimate of drug-likeness (QED) is 0.545. The molecule has 0 aromatic heterocycles. The van der Waals surface area contributed by atoms with Gasteiger partial charge in [0.2, 0.25) is 0 Å². The van der Waals surface area contributed by atoms with Crippen LogP contribution in [0.1, 0.15) is 52.7 Å². The summed E-state index contributed by atoms with van der Waals surface area (Å²) in [6, 6.07) is 14.6. The van der Waals surface area contributed by atoms with E-state index in [9.17, 15) is 0 Å². The van der Waals surface area contributed by atoms with Gasteiger partial charge in [0.15, 0.2) is 0 Å². The van der Waals surface area contributed by atoms with Crippen molar-refractivity contribution in [2.24, 2.45) is 0 Å². The van der Waals surface area contributed by atoms with Crippen LogP contribution < -0.4 is 9.61 Å². The summed E-state index contributed by atoms with van der Waals surface area (Å²) in [5.74, 6) is 0.908. The third-order valence-corrected chi connectivity index (χ3v) is 7.74. The summed E-state index contributed by atoms with van der Waals surface area (Å²) in [5.41, 5.74) is 2.60. The van der Waals surface area contributed by atoms with Gasteiger partial charge in [-0.3, -0.25) is 0 Å². The minimum atomic E-state index is -2.59. The van der Waals surface area contributed by atoms with Crippen LogP contribution in [0, 0.1) is 0 Å². The van der Waals surface area contributed by atoms with Crippen LogP contribution in [0.2, 0.25) is 6.55 Å². The predicted molar refractivity (Wildman–Crippen MR) is 116 cm³/mol. The smallest absolute Gasteiger partial charge is 0.430 e. The Morgan fingerprint density at radius 3 is 2.04 bits per heavy atom. The van der Waals surface area contributed by atoms with Crippen molar-refractivity contribution in [2.45, 2.75) is 63.8 Å². The number of benzene rings is 2. The molecule has 0 fully saturated rings. The van der Waals surface area contributed by atoms with Gasteiger partial charge >= 0.3 is 8.56 Å². The normalized spacial score (nSPS) is 14.8. The highest BCUT2D eigenvalue weighted by molar-refractivity contribution is 7.80. The van der Waals surface area contributed by atoms with Crippen molar-refractivity contribution >= 4 is 26.4 Å². The Balaban J connectivity index is 2.53. The number of hydrogen-bond donors (Lipinski definition) is 1. The average molecular weight is 389 g/mol. The maximum Gasteiger partial charge on any atom is 0.430 e. The zero-order valence-electron chi connectivity index (χ0n) is 17.3. The lowest BCUT2D eigenvalue weighted by atomic mass is 9.80. The first kappa shape index (κ1) is 21.1. The molecule has 0 N–H and O–H groups in total. The lowest BCUT2D eigenvalue weighted by Gasteiger charge is -2.32. The molecule has 2 aromatic rings. The second kappa shape index (κ2) is 7.41. The molecule has 0 aliphatic heterocycles. The van der Waals surface area contributed by atoms with E-state index in [-0.39, 0.29) is 10.8 Å². The fourth-order valence-electron chi connectivity index (χ4n) is 2.89. The van der Waals surface area contributed by atoms with Crippen molar-refractivity contribution < 1.29 is 8.85 Å². The van der Waals surface area contributed by atoms with E-state index >= 15 is 0 Å². The van der Waals surface area contributed by atoms with E-state index in [1.165, 1.54) is 11.1 Å². The van der Waals surface area contributed by atoms with Crippen molar-refractivity contribution in [3.05, 3.63) is 53.6 Å². The Hall–Kier alpha value is -1.23. The van der Waals surface area contributed by atoms with E-state index < -0.39 is 8.56 Å². The monoisotopic (exact) mass is 388 g/mol. The molecule has 26 heavy (non-hydrogen) atoms. The lowest BCUT2D eigenvalue weighted by Crippen LogP contribution is -2.53. The molecule has 1 atom stereocenters. The molecule has 142 valence electrons. The second-order valence-corrected chi connectivity index (χ2v) is 12.6. The van der Waals surface area contributed by atoms with Gasteiger partial charge < -0.3 is 8.85 Å². The first-order valence-corrected chi connectivity index (χ1v) is 11.8. The largest absolute Gasteiger partial charge is 0.517 e. The van der Waals surface area contributed by atoms with Gasteiger partial charge in [-0.25, -0.2) is 0 Å². The topological polar surface area (TPSA) is 18.5 Å². The van der Waals surface area contributed by atoms with Gasteiger partial charge in [0.05, 0.1) is 0 Å². The van der Waals surface area contributed by atoms with E-state index in [1.54, 1.807) is 7.11 Å². The van der Waals surface area contributed by atoms with Gasteiger partial charge in [-0.05, 0) is 46.7 Å². The maximum atomic E-state index is 6.60. The minimum absolute atomic E-state index is 0.0228. The van der Waals surface area contributed by atoms with Crippen molar-refractivity contribution in [2.75, 3.05) is 7.11 Å². The molecule has 2 aromatic carbocycles. The van der Waals surface area contributed by atoms with Gasteiger partial charge in [-0.1, -0.05) is 65.8 Å². The molecule has 2 nitrogen and oxygen atoms in total. The average Bonchev–Trinajstić information content (AvgIpc) is 2.53. The lowest BCUT2D eigenvalue weighted by molar-refractivity contribution is 0.318. The van der Waals surface area contributed by atoms with Gasteiger partial charge in [-0.15, -0.1) is 12.6 Å². The highest BCUT2D eigenvalue weighted by atomic mass is 32.1. The molecule has 0 radical (unpaired) electrons. The van der Waals surface area contributed by atoms with E-state index in [1.807, 2.05) is 18.2 Å². The van der Waals surface area contributed by atoms with Crippen LogP contribution in [0.3, 0.4) is 0 Å². The molecule has 1 unspecified atom stereocenters. The molecule has 0 saturated heterocycles. The Bertz CT molecular complexity index is 774. The molecule has 0 amide bonds. The van der Waals surface area contributed by atoms with Crippen LogP contribution in [0.15, 0.2) is 47.4 Å². The van der Waals surface area contributed by atoms with Crippen LogP contribution in [0.25, 0.3) is 0 Å². The van der Waals surface area contributed by atoms with E-state index in [2.05, 4.69) is 85.0 Å². The Kier molecular flexibility index (Phi) is 6.01. The summed E-state index contributed by atoms with van der Waals surface area (Å²) in [5, 5.41) is 1.08. The molecular formula is C22H32O2SSi. The Labute approximate surface area is 165 Å². The van der Waals surface area contributed by atoms with Crippen molar-refractivity contribution in [3.63, 3.8) is 0 Å². The van der Waals surface area contributed by atoms with Crippen LogP contribution >= 0.6 is 12.6 Å². The molecule has 0 aliphatic rings. The van der Waals surface area contributed by atoms with Crippen LogP contribution in [-0.2, 0) is 15.3 Å². The summed E-state index contributed by atoms with van der Waals surface area (Å²) in [4.78, 5) is 0.918. The second-order valence-electron chi connectivity index (χ2n) is 9.01. The molecule has 4 heteroatoms. The van der Waals surface area contributed by atoms with Crippen molar-refractivity contribution in [1.82, 2.24) is 0 Å². The van der Waals surface area contributed by atoms with E-state index in [4.69, 9.17) is 8.85 Å². The van der Waals surface area contributed by atoms with Gasteiger partial charge in [0, 0.05) is 17.2 Å². The number of hydrogen-bond acceptors (Lipinski definition) is 3. The Morgan fingerprint density at radius 1 is 0.885 bits per heavy atom. The SMILES string of the molecule is CO[Si](C)(Oc1ccc(C(C)(C)C)cc1C(C)(C)C)c1cccc(S)c1. The summed E-state index contributed by atoms with van der Waals surface area (Å²) in [6.07, 6.45) is 0. The van der Waals surface area contributed by atoms with Gasteiger partial charge in [0.1, 0.15) is 5.75 Å². The zero-order chi connectivity index (χ0) is 19.8. The van der Waals surface area contributed by atoms with Crippen molar-refractivity contribution in [3.8, 4) is 5.75 Å². The fraction of sp³-hybridized carbons (Fsp3) is 0.455. The molecule has 0 saturated carbocycles. The maximum absolute atomic E-state index is 6.60. The third-order valence-electron chi connectivity index (χ3n) is 4.72. The van der Waals surface area contributed by atoms with Crippen LogP contribution in [-0.4, -0.2) is 15.7 Å². The summed E-state index contributed by atoms with van der Waals surface area (Å²) < 4.78 is 12.5. The van der Waals surface area contributed by atoms with E-state index in [0.717, 1.165) is 15.8 Å². The number of rotatable bonds is 4. The highest BCUT2D eigenvalue weighted by Gasteiger charge is 2.37. The summed E-state index contributed by atoms with van der Waals surface area (Å²) in [6.45, 7) is 15.5. The molecular weight excluding hydrogens is 356 g/mol. The summed E-state index contributed by atoms with van der Waals surface area (Å²) >= 11 is 4.47. The molecule has 0 bridgehead atoms. The van der Waals surface area contributed by atoms with Crippen molar-refractivity contribution in [1.29, 1.82) is 0 Å². The minimum Gasteiger partial charge on any atom is -0.517 e. The third kappa shape index (κ3) is 4.73. The van der Waals surface area contributed by atoms with E-state index in [0.29, 0.717) is 0 Å². The number of thiol groups is 1.